The van der Waals surface area contributed by atoms with E-state index in [1.807, 2.05) is 29.2 Å². The van der Waals surface area contributed by atoms with Crippen molar-refractivity contribution in [3.8, 4) is 17.0 Å². The van der Waals surface area contributed by atoms with Crippen molar-refractivity contribution in [2.45, 2.75) is 31.4 Å². The highest BCUT2D eigenvalue weighted by molar-refractivity contribution is 5.60. The molecule has 5 rings (SSSR count). The molecule has 35 heavy (non-hydrogen) atoms. The lowest BCUT2D eigenvalue weighted by Gasteiger charge is -2.34. The summed E-state index contributed by atoms with van der Waals surface area (Å²) < 4.78 is 27.7. The van der Waals surface area contributed by atoms with E-state index in [0.717, 1.165) is 30.5 Å². The van der Waals surface area contributed by atoms with E-state index in [0.29, 0.717) is 44.0 Å². The van der Waals surface area contributed by atoms with Gasteiger partial charge in [0.2, 0.25) is 5.95 Å². The largest absolute Gasteiger partial charge is 0.494 e. The third-order valence-corrected chi connectivity index (χ3v) is 6.66. The Hall–Kier alpha value is -3.30. The summed E-state index contributed by atoms with van der Waals surface area (Å²) in [7, 11) is 1.68. The molecule has 3 aromatic rings. The van der Waals surface area contributed by atoms with Gasteiger partial charge in [-0.1, -0.05) is 12.1 Å². The number of aromatic nitrogens is 3. The van der Waals surface area contributed by atoms with Gasteiger partial charge in [-0.15, -0.1) is 0 Å². The zero-order valence-corrected chi connectivity index (χ0v) is 19.8. The van der Waals surface area contributed by atoms with Crippen molar-refractivity contribution in [3.05, 3.63) is 70.5 Å². The Labute approximate surface area is 203 Å². The number of ether oxygens (including phenoxy) is 2. The second-order valence-electron chi connectivity index (χ2n) is 9.00. The first kappa shape index (κ1) is 23.4. The predicted molar refractivity (Wildman–Crippen MR) is 131 cm³/mol. The molecule has 184 valence electrons. The van der Waals surface area contributed by atoms with Crippen LogP contribution >= 0.6 is 0 Å². The number of pyridine rings is 1. The molecule has 1 aromatic carbocycles. The van der Waals surface area contributed by atoms with Gasteiger partial charge in [0.1, 0.15) is 11.9 Å². The first-order valence-electron chi connectivity index (χ1n) is 12.1. The van der Waals surface area contributed by atoms with Crippen LogP contribution in [0.25, 0.3) is 11.3 Å². The summed E-state index contributed by atoms with van der Waals surface area (Å²) >= 11 is 0. The first-order chi connectivity index (χ1) is 17.1. The van der Waals surface area contributed by atoms with Crippen molar-refractivity contribution in [1.82, 2.24) is 19.9 Å². The molecular formula is C26H30FN5O3. The Morgan fingerprint density at radius 2 is 2.11 bits per heavy atom. The highest BCUT2D eigenvalue weighted by atomic mass is 19.1. The van der Waals surface area contributed by atoms with Crippen molar-refractivity contribution in [1.29, 1.82) is 0 Å². The van der Waals surface area contributed by atoms with Crippen molar-refractivity contribution < 1.29 is 13.9 Å². The maximum atomic E-state index is 14.3. The molecule has 2 aliphatic heterocycles. The summed E-state index contributed by atoms with van der Waals surface area (Å²) in [4.78, 5) is 23.1. The fraction of sp³-hybridized carbons (Fsp3) is 0.423. The zero-order chi connectivity index (χ0) is 24.2. The summed E-state index contributed by atoms with van der Waals surface area (Å²) in [6.07, 6.45) is 5.90. The second kappa shape index (κ2) is 10.5. The van der Waals surface area contributed by atoms with Crippen LogP contribution in [0.2, 0.25) is 0 Å². The normalized spacial score (nSPS) is 20.2. The SMILES string of the molecule is Cn1c(N2CCO[C@@H](c3ccc(OCCC4CCCN4)cc3)C2)nc(-c2ccncc2F)cc1=O. The van der Waals surface area contributed by atoms with Gasteiger partial charge in [-0.25, -0.2) is 9.37 Å². The van der Waals surface area contributed by atoms with Crippen LogP contribution in [-0.4, -0.2) is 53.4 Å². The average Bonchev–Trinajstić information content (AvgIpc) is 3.40. The maximum Gasteiger partial charge on any atom is 0.255 e. The van der Waals surface area contributed by atoms with Gasteiger partial charge in [0.05, 0.1) is 31.6 Å². The number of nitrogens with one attached hydrogen (secondary N) is 1. The van der Waals surface area contributed by atoms with Crippen LogP contribution in [0.1, 0.15) is 30.9 Å². The Morgan fingerprint density at radius 1 is 1.26 bits per heavy atom. The van der Waals surface area contributed by atoms with Crippen molar-refractivity contribution >= 4 is 5.95 Å². The van der Waals surface area contributed by atoms with Crippen LogP contribution in [-0.2, 0) is 11.8 Å². The van der Waals surface area contributed by atoms with Gasteiger partial charge in [-0.2, -0.15) is 0 Å². The monoisotopic (exact) mass is 479 g/mol. The van der Waals surface area contributed by atoms with E-state index < -0.39 is 5.82 Å². The minimum atomic E-state index is -0.513. The molecule has 4 heterocycles. The Morgan fingerprint density at radius 3 is 2.89 bits per heavy atom. The number of nitrogens with zero attached hydrogens (tertiary/aromatic N) is 4. The van der Waals surface area contributed by atoms with Crippen LogP contribution in [0.15, 0.2) is 53.6 Å². The van der Waals surface area contributed by atoms with Gasteiger partial charge in [0.25, 0.3) is 5.56 Å². The number of hydrogen-bond donors (Lipinski definition) is 1. The van der Waals surface area contributed by atoms with Gasteiger partial charge in [-0.3, -0.25) is 14.3 Å². The van der Waals surface area contributed by atoms with E-state index in [-0.39, 0.29) is 17.2 Å². The fourth-order valence-corrected chi connectivity index (χ4v) is 4.66. The summed E-state index contributed by atoms with van der Waals surface area (Å²) in [6.45, 7) is 3.39. The molecule has 2 aromatic heterocycles. The quantitative estimate of drug-likeness (QED) is 0.558. The van der Waals surface area contributed by atoms with E-state index in [9.17, 15) is 9.18 Å². The van der Waals surface area contributed by atoms with Crippen molar-refractivity contribution in [3.63, 3.8) is 0 Å². The summed E-state index contributed by atoms with van der Waals surface area (Å²) in [6, 6.07) is 11.4. The molecular weight excluding hydrogens is 449 g/mol. The third-order valence-electron chi connectivity index (χ3n) is 6.66. The number of benzene rings is 1. The topological polar surface area (TPSA) is 81.5 Å². The second-order valence-corrected chi connectivity index (χ2v) is 9.00. The van der Waals surface area contributed by atoms with Gasteiger partial charge in [0.15, 0.2) is 5.82 Å². The summed E-state index contributed by atoms with van der Waals surface area (Å²) in [5.41, 5.74) is 1.32. The lowest BCUT2D eigenvalue weighted by Crippen LogP contribution is -2.41. The van der Waals surface area contributed by atoms with Gasteiger partial charge in [-0.05, 0) is 49.6 Å². The molecule has 2 fully saturated rings. The Balaban J connectivity index is 1.28. The molecule has 1 N–H and O–H groups in total. The van der Waals surface area contributed by atoms with Crippen molar-refractivity contribution in [2.75, 3.05) is 37.7 Å². The van der Waals surface area contributed by atoms with Crippen LogP contribution in [0.4, 0.5) is 10.3 Å². The number of halogens is 1. The number of hydrogen-bond acceptors (Lipinski definition) is 7. The highest BCUT2D eigenvalue weighted by Crippen LogP contribution is 2.28. The first-order valence-corrected chi connectivity index (χ1v) is 12.1. The molecule has 0 spiro atoms. The molecule has 9 heteroatoms. The lowest BCUT2D eigenvalue weighted by molar-refractivity contribution is 0.0389. The zero-order valence-electron chi connectivity index (χ0n) is 19.8. The molecule has 2 atom stereocenters. The molecule has 2 aliphatic rings. The Bertz CT molecular complexity index is 1210. The minimum absolute atomic E-state index is 0.182. The van der Waals surface area contributed by atoms with Crippen LogP contribution in [0.5, 0.6) is 5.75 Å². The molecule has 1 unspecified atom stereocenters. The molecule has 0 amide bonds. The molecule has 0 bridgehead atoms. The number of morpholine rings is 1. The molecule has 8 nitrogen and oxygen atoms in total. The summed E-state index contributed by atoms with van der Waals surface area (Å²) in [5, 5.41) is 3.49. The van der Waals surface area contributed by atoms with E-state index in [4.69, 9.17) is 9.47 Å². The van der Waals surface area contributed by atoms with Crippen LogP contribution in [0.3, 0.4) is 0 Å². The minimum Gasteiger partial charge on any atom is -0.494 e. The van der Waals surface area contributed by atoms with E-state index >= 15 is 0 Å². The van der Waals surface area contributed by atoms with E-state index in [1.54, 1.807) is 7.05 Å². The lowest BCUT2D eigenvalue weighted by atomic mass is 10.1. The van der Waals surface area contributed by atoms with Crippen molar-refractivity contribution in [2.24, 2.45) is 7.05 Å². The molecule has 0 radical (unpaired) electrons. The van der Waals surface area contributed by atoms with Gasteiger partial charge < -0.3 is 19.7 Å². The number of anilines is 1. The Kier molecular flexibility index (Phi) is 7.06. The van der Waals surface area contributed by atoms with E-state index in [2.05, 4.69) is 15.3 Å². The molecule has 2 saturated heterocycles. The number of rotatable bonds is 7. The average molecular weight is 480 g/mol. The van der Waals surface area contributed by atoms with Gasteiger partial charge in [0, 0.05) is 37.5 Å². The molecule has 0 aliphatic carbocycles. The molecule has 0 saturated carbocycles. The third kappa shape index (κ3) is 5.36. The van der Waals surface area contributed by atoms with Crippen LogP contribution in [0, 0.1) is 5.82 Å². The smallest absolute Gasteiger partial charge is 0.255 e. The van der Waals surface area contributed by atoms with Gasteiger partial charge >= 0.3 is 0 Å². The summed E-state index contributed by atoms with van der Waals surface area (Å²) in [5.74, 6) is 0.814. The maximum absolute atomic E-state index is 14.3. The standard InChI is InChI=1S/C26H30FN5O3/c1-31-25(33)15-23(21-8-11-28-16-22(21)27)30-26(31)32-12-14-35-24(17-32)18-4-6-20(7-5-18)34-13-9-19-3-2-10-29-19/h4-8,11,15-16,19,24,29H,2-3,9-10,12-14,17H2,1H3/t19?,24-/m1/s1. The fourth-order valence-electron chi connectivity index (χ4n) is 4.66. The van der Waals surface area contributed by atoms with E-state index in [1.165, 1.54) is 35.7 Å². The predicted octanol–water partition coefficient (Wildman–Crippen LogP) is 3.08. The van der Waals surface area contributed by atoms with Crippen LogP contribution < -0.4 is 20.5 Å². The highest BCUT2D eigenvalue weighted by Gasteiger charge is 2.25.